The molecule has 0 bridgehead atoms. The molecule has 0 aliphatic heterocycles. The van der Waals surface area contributed by atoms with Crippen LogP contribution in [0.25, 0.3) is 9.88 Å². The molecule has 0 atom stereocenters. The Kier molecular flexibility index (Phi) is 4.23. The molecule has 1 amide bonds. The van der Waals surface area contributed by atoms with Gasteiger partial charge < -0.3 is 5.32 Å². The molecular weight excluding hydrogens is 338 g/mol. The lowest BCUT2D eigenvalue weighted by molar-refractivity contribution is 0.102. The second-order valence-electron chi connectivity index (χ2n) is 4.95. The van der Waals surface area contributed by atoms with Gasteiger partial charge in [-0.15, -0.1) is 22.7 Å². The van der Waals surface area contributed by atoms with Crippen molar-refractivity contribution < 1.29 is 13.6 Å². The highest BCUT2D eigenvalue weighted by molar-refractivity contribution is 7.21. The average Bonchev–Trinajstić information content (AvgIpc) is 3.05. The number of rotatable bonds is 3. The molecule has 0 saturated heterocycles. The summed E-state index contributed by atoms with van der Waals surface area (Å²) in [6, 6.07) is 4.70. The summed E-state index contributed by atoms with van der Waals surface area (Å²) in [5.41, 5.74) is 1.35. The van der Waals surface area contributed by atoms with E-state index in [4.69, 9.17) is 0 Å². The van der Waals surface area contributed by atoms with Crippen LogP contribution in [0.3, 0.4) is 0 Å². The first-order valence-corrected chi connectivity index (χ1v) is 8.43. The van der Waals surface area contributed by atoms with Gasteiger partial charge in [0.15, 0.2) is 0 Å². The Labute approximate surface area is 139 Å². The number of benzene rings is 1. The number of amides is 1. The summed E-state index contributed by atoms with van der Waals surface area (Å²) >= 11 is 3.03. The normalized spacial score (nSPS) is 10.8. The van der Waals surface area contributed by atoms with E-state index in [1.165, 1.54) is 22.7 Å². The molecule has 3 nitrogen and oxygen atoms in total. The van der Waals surface area contributed by atoms with Crippen LogP contribution in [0.5, 0.6) is 0 Å². The van der Waals surface area contributed by atoms with Gasteiger partial charge in [-0.1, -0.05) is 0 Å². The molecule has 3 aromatic rings. The maximum atomic E-state index is 13.7. The van der Waals surface area contributed by atoms with Crippen LogP contribution in [0.15, 0.2) is 29.6 Å². The van der Waals surface area contributed by atoms with Gasteiger partial charge in [0, 0.05) is 22.0 Å². The fourth-order valence-electron chi connectivity index (χ4n) is 2.04. The number of carbonyl (C=O) groups is 1. The van der Waals surface area contributed by atoms with Gasteiger partial charge in [0.1, 0.15) is 16.6 Å². The smallest absolute Gasteiger partial charge is 0.258 e. The molecular formula is C16H12F2N2OS2. The van der Waals surface area contributed by atoms with Crippen molar-refractivity contribution >= 4 is 34.3 Å². The summed E-state index contributed by atoms with van der Waals surface area (Å²) in [7, 11) is 0. The lowest BCUT2D eigenvalue weighted by Crippen LogP contribution is -2.14. The Morgan fingerprint density at radius 1 is 1.22 bits per heavy atom. The molecule has 1 aromatic carbocycles. The number of aryl methyl sites for hydroxylation is 2. The topological polar surface area (TPSA) is 42.0 Å². The van der Waals surface area contributed by atoms with Crippen molar-refractivity contribution in [3.05, 3.63) is 57.4 Å². The highest BCUT2D eigenvalue weighted by Gasteiger charge is 2.16. The molecule has 0 radical (unpaired) electrons. The second kappa shape index (κ2) is 6.17. The van der Waals surface area contributed by atoms with E-state index in [-0.39, 0.29) is 5.56 Å². The van der Waals surface area contributed by atoms with Crippen molar-refractivity contribution in [2.45, 2.75) is 13.8 Å². The largest absolute Gasteiger partial charge is 0.321 e. The van der Waals surface area contributed by atoms with Crippen LogP contribution in [0.2, 0.25) is 0 Å². The van der Waals surface area contributed by atoms with Gasteiger partial charge in [-0.05, 0) is 32.0 Å². The van der Waals surface area contributed by atoms with Crippen molar-refractivity contribution in [3.63, 3.8) is 0 Å². The Balaban J connectivity index is 1.85. The number of halogens is 2. The van der Waals surface area contributed by atoms with Gasteiger partial charge >= 0.3 is 0 Å². The summed E-state index contributed by atoms with van der Waals surface area (Å²) in [5.74, 6) is -2.20. The summed E-state index contributed by atoms with van der Waals surface area (Å²) in [4.78, 5) is 18.4. The van der Waals surface area contributed by atoms with Crippen LogP contribution < -0.4 is 5.32 Å². The number of anilines is 1. The number of hydrogen-bond acceptors (Lipinski definition) is 4. The fraction of sp³-hybridized carbons (Fsp3) is 0.125. The van der Waals surface area contributed by atoms with Crippen LogP contribution in [0, 0.1) is 25.5 Å². The number of aromatic nitrogens is 1. The predicted octanol–water partition coefficient (Wildman–Crippen LogP) is 5.02. The fourth-order valence-corrected chi connectivity index (χ4v) is 3.88. The molecule has 1 N–H and O–H groups in total. The van der Waals surface area contributed by atoms with Crippen LogP contribution in [0.4, 0.5) is 14.5 Å². The van der Waals surface area contributed by atoms with E-state index in [9.17, 15) is 13.6 Å². The van der Waals surface area contributed by atoms with Gasteiger partial charge in [-0.2, -0.15) is 0 Å². The summed E-state index contributed by atoms with van der Waals surface area (Å²) in [6.07, 6.45) is 0. The lowest BCUT2D eigenvalue weighted by atomic mass is 10.2. The van der Waals surface area contributed by atoms with E-state index in [1.807, 2.05) is 25.3 Å². The van der Waals surface area contributed by atoms with E-state index in [0.717, 1.165) is 32.6 Å². The molecule has 118 valence electrons. The van der Waals surface area contributed by atoms with Crippen molar-refractivity contribution in [2.24, 2.45) is 0 Å². The van der Waals surface area contributed by atoms with Crippen molar-refractivity contribution in [1.29, 1.82) is 0 Å². The summed E-state index contributed by atoms with van der Waals surface area (Å²) < 4.78 is 26.6. The number of nitrogens with zero attached hydrogens (tertiary/aromatic N) is 1. The third-order valence-corrected chi connectivity index (χ3v) is 5.35. The molecule has 2 aromatic heterocycles. The molecule has 0 fully saturated rings. The monoisotopic (exact) mass is 350 g/mol. The van der Waals surface area contributed by atoms with E-state index in [2.05, 4.69) is 10.3 Å². The van der Waals surface area contributed by atoms with Crippen LogP contribution >= 0.6 is 22.7 Å². The van der Waals surface area contributed by atoms with Gasteiger partial charge in [0.2, 0.25) is 0 Å². The van der Waals surface area contributed by atoms with Gasteiger partial charge in [0.25, 0.3) is 5.91 Å². The highest BCUT2D eigenvalue weighted by Crippen LogP contribution is 2.36. The van der Waals surface area contributed by atoms with Crippen LogP contribution in [-0.4, -0.2) is 10.9 Å². The third kappa shape index (κ3) is 3.30. The first kappa shape index (κ1) is 15.8. The zero-order valence-corrected chi connectivity index (χ0v) is 13.9. The minimum Gasteiger partial charge on any atom is -0.321 e. The predicted molar refractivity (Wildman–Crippen MR) is 89.2 cm³/mol. The molecule has 0 saturated carbocycles. The van der Waals surface area contributed by atoms with Gasteiger partial charge in [-0.25, -0.2) is 13.8 Å². The van der Waals surface area contributed by atoms with Crippen LogP contribution in [-0.2, 0) is 0 Å². The van der Waals surface area contributed by atoms with E-state index >= 15 is 0 Å². The van der Waals surface area contributed by atoms with Crippen molar-refractivity contribution in [3.8, 4) is 9.88 Å². The minimum atomic E-state index is -0.883. The molecule has 23 heavy (non-hydrogen) atoms. The second-order valence-corrected chi connectivity index (χ2v) is 7.07. The first-order chi connectivity index (χ1) is 10.9. The number of thiophene rings is 1. The molecule has 0 aliphatic carbocycles. The SMILES string of the molecule is Cc1csc(-c2cc(NC(=O)c3ccc(F)cc3F)c(C)s2)n1. The molecule has 7 heteroatoms. The maximum Gasteiger partial charge on any atom is 0.258 e. The number of hydrogen-bond donors (Lipinski definition) is 1. The average molecular weight is 350 g/mol. The zero-order chi connectivity index (χ0) is 16.6. The Morgan fingerprint density at radius 2 is 2.00 bits per heavy atom. The minimum absolute atomic E-state index is 0.191. The van der Waals surface area contributed by atoms with Crippen molar-refractivity contribution in [1.82, 2.24) is 4.98 Å². The van der Waals surface area contributed by atoms with Gasteiger partial charge in [0.05, 0.1) is 16.1 Å². The molecule has 0 spiro atoms. The third-order valence-electron chi connectivity index (χ3n) is 3.17. The van der Waals surface area contributed by atoms with E-state index < -0.39 is 17.5 Å². The number of carbonyl (C=O) groups excluding carboxylic acids is 1. The first-order valence-electron chi connectivity index (χ1n) is 6.73. The molecule has 2 heterocycles. The van der Waals surface area contributed by atoms with Crippen LogP contribution in [0.1, 0.15) is 20.9 Å². The zero-order valence-electron chi connectivity index (χ0n) is 12.3. The highest BCUT2D eigenvalue weighted by atomic mass is 32.1. The number of nitrogens with one attached hydrogen (secondary N) is 1. The van der Waals surface area contributed by atoms with E-state index in [1.54, 1.807) is 0 Å². The maximum absolute atomic E-state index is 13.7. The quantitative estimate of drug-likeness (QED) is 0.721. The standard InChI is InChI=1S/C16H12F2N2OS2/c1-8-7-22-16(19-8)14-6-13(9(2)23-14)20-15(21)11-4-3-10(17)5-12(11)18/h3-7H,1-2H3,(H,20,21). The van der Waals surface area contributed by atoms with E-state index in [0.29, 0.717) is 11.8 Å². The van der Waals surface area contributed by atoms with Gasteiger partial charge in [-0.3, -0.25) is 4.79 Å². The molecule has 0 unspecified atom stereocenters. The molecule has 0 aliphatic rings. The lowest BCUT2D eigenvalue weighted by Gasteiger charge is -2.05. The Bertz CT molecular complexity index is 886. The molecule has 3 rings (SSSR count). The summed E-state index contributed by atoms with van der Waals surface area (Å²) in [5, 5.41) is 5.50. The van der Waals surface area contributed by atoms with Crippen molar-refractivity contribution in [2.75, 3.05) is 5.32 Å². The Morgan fingerprint density at radius 3 is 2.65 bits per heavy atom. The Hall–Kier alpha value is -2.12. The summed E-state index contributed by atoms with van der Waals surface area (Å²) in [6.45, 7) is 3.78. The number of thiazole rings is 1.